The Morgan fingerprint density at radius 3 is 2.63 bits per heavy atom. The number of benzene rings is 1. The van der Waals surface area contributed by atoms with Crippen LogP contribution in [0, 0.1) is 23.2 Å². The fourth-order valence-corrected chi connectivity index (χ4v) is 12.3. The molecule has 4 saturated heterocycles. The molecule has 7 atom stereocenters. The van der Waals surface area contributed by atoms with E-state index < -0.39 is 29.5 Å². The number of aromatic nitrogens is 3. The highest BCUT2D eigenvalue weighted by molar-refractivity contribution is 7.10. The molecular formula is C51H67N7O8S. The minimum Gasteiger partial charge on any atom is -0.464 e. The third kappa shape index (κ3) is 9.19. The van der Waals surface area contributed by atoms with Crippen LogP contribution in [0.15, 0.2) is 41.9 Å². The molecule has 1 aliphatic carbocycles. The van der Waals surface area contributed by atoms with Crippen molar-refractivity contribution >= 4 is 40.0 Å². The maximum Gasteiger partial charge on any atom is 0.324 e. The number of fused-ring (bicyclic) bond motifs is 6. The molecule has 2 amide bonds. The van der Waals surface area contributed by atoms with Crippen LogP contribution in [0.5, 0.6) is 0 Å². The van der Waals surface area contributed by atoms with Gasteiger partial charge >= 0.3 is 5.97 Å². The third-order valence-corrected chi connectivity index (χ3v) is 16.4. The van der Waals surface area contributed by atoms with Gasteiger partial charge in [-0.15, -0.1) is 11.3 Å². The Hall–Kier alpha value is -4.29. The summed E-state index contributed by atoms with van der Waals surface area (Å²) in [6, 6.07) is 8.39. The lowest BCUT2D eigenvalue weighted by molar-refractivity contribution is -0.159. The molecule has 1 unspecified atom stereocenters. The van der Waals surface area contributed by atoms with Gasteiger partial charge in [-0.25, -0.2) is 10.4 Å². The van der Waals surface area contributed by atoms with Gasteiger partial charge in [-0.1, -0.05) is 33.8 Å². The van der Waals surface area contributed by atoms with Crippen molar-refractivity contribution in [1.82, 2.24) is 35.2 Å². The summed E-state index contributed by atoms with van der Waals surface area (Å²) in [5, 5.41) is 8.71. The van der Waals surface area contributed by atoms with Crippen molar-refractivity contribution < 1.29 is 38.1 Å². The lowest BCUT2D eigenvalue weighted by atomic mass is 9.84. The van der Waals surface area contributed by atoms with Gasteiger partial charge in [-0.05, 0) is 93.5 Å². The SMILES string of the molecule is CO[C@@H](C)c1ncccc1-c1c2c3cc(ccc3n1CCOC1CCOCC1)-c1csc(n1)[C@@H](N1CC3(CCCO3)C1)[C@H](NC(=O)C1[C@@H](C)[C@H]1C)C(=O)N1CCC[C@H](N1)C(=O)OCC(C)(C)C2. The zero-order valence-corrected chi connectivity index (χ0v) is 40.7. The van der Waals surface area contributed by atoms with Crippen LogP contribution < -0.4 is 10.7 Å². The number of methoxy groups -OCH3 is 1. The highest BCUT2D eigenvalue weighted by Gasteiger charge is 2.55. The number of nitrogens with one attached hydrogen (secondary N) is 2. The van der Waals surface area contributed by atoms with E-state index in [9.17, 15) is 9.59 Å². The molecule has 8 heterocycles. The first kappa shape index (κ1) is 46.4. The molecule has 3 aromatic heterocycles. The van der Waals surface area contributed by atoms with Crippen LogP contribution in [-0.2, 0) is 51.0 Å². The maximum absolute atomic E-state index is 15.1. The first-order valence-electron chi connectivity index (χ1n) is 24.5. The molecule has 6 aliphatic rings. The van der Waals surface area contributed by atoms with E-state index in [1.807, 2.05) is 19.2 Å². The number of cyclic esters (lactones) is 1. The molecule has 67 heavy (non-hydrogen) atoms. The summed E-state index contributed by atoms with van der Waals surface area (Å²) < 4.78 is 33.0. The summed E-state index contributed by atoms with van der Waals surface area (Å²) >= 11 is 1.52. The molecule has 2 N–H and O–H groups in total. The topological polar surface area (TPSA) is 159 Å². The van der Waals surface area contributed by atoms with Gasteiger partial charge in [-0.2, -0.15) is 0 Å². The number of ether oxygens (including phenoxy) is 5. The summed E-state index contributed by atoms with van der Waals surface area (Å²) in [7, 11) is 1.71. The summed E-state index contributed by atoms with van der Waals surface area (Å²) in [5.74, 6) is -0.563. The fraction of sp³-hybridized carbons (Fsp3) is 0.627. The number of nitrogens with zero attached hydrogens (tertiary/aromatic N) is 5. The number of thiazole rings is 1. The van der Waals surface area contributed by atoms with Crippen LogP contribution in [0.1, 0.15) is 102 Å². The quantitative estimate of drug-likeness (QED) is 0.164. The van der Waals surface area contributed by atoms with E-state index in [-0.39, 0.29) is 54.0 Å². The summed E-state index contributed by atoms with van der Waals surface area (Å²) in [4.78, 5) is 56.0. The Kier molecular flexibility index (Phi) is 13.1. The van der Waals surface area contributed by atoms with Crippen molar-refractivity contribution in [2.24, 2.45) is 23.2 Å². The standard InChI is InChI=1S/C51H67N7O8S/c1-30-31(2)41(30)46(59)54-43-45(56-27-51(28-56)16-9-20-66-51)47-53-39(26-67-47)33-12-13-40-36(24-33)37(25-50(4,5)29-65-49(61)38-11-8-18-58(55-38)48(43)60)44(35-10-7-17-52-42(35)32(3)62-6)57(40)19-23-64-34-14-21-63-22-15-34/h7,10,12-13,17,24,26,30-32,34,38,41,43,45,55H,8-9,11,14-16,18-23,25,27-29H2,1-6H3,(H,54,59)/t30-,31+,32-,38-,41?,43-,45-/m0/s1. The van der Waals surface area contributed by atoms with E-state index in [4.69, 9.17) is 33.7 Å². The molecule has 1 aromatic carbocycles. The fourth-order valence-electron chi connectivity index (χ4n) is 11.3. The molecule has 4 aromatic rings. The molecular weight excluding hydrogens is 871 g/mol. The number of likely N-dealkylation sites (tertiary alicyclic amines) is 1. The second-order valence-corrected chi connectivity index (χ2v) is 21.6. The van der Waals surface area contributed by atoms with Crippen molar-refractivity contribution in [2.75, 3.05) is 59.8 Å². The van der Waals surface area contributed by atoms with Crippen molar-refractivity contribution in [1.29, 1.82) is 0 Å². The van der Waals surface area contributed by atoms with Crippen LogP contribution in [-0.4, -0.2) is 126 Å². The number of hydrazine groups is 1. The monoisotopic (exact) mass is 937 g/mol. The molecule has 10 rings (SSSR count). The number of amides is 2. The second-order valence-electron chi connectivity index (χ2n) is 20.8. The lowest BCUT2D eigenvalue weighted by Gasteiger charge is -2.52. The molecule has 6 bridgehead atoms. The van der Waals surface area contributed by atoms with Crippen LogP contribution >= 0.6 is 11.3 Å². The molecule has 16 heteroatoms. The van der Waals surface area contributed by atoms with Crippen LogP contribution in [0.4, 0.5) is 0 Å². The minimum atomic E-state index is -0.970. The molecule has 0 radical (unpaired) electrons. The maximum atomic E-state index is 15.1. The smallest absolute Gasteiger partial charge is 0.324 e. The van der Waals surface area contributed by atoms with E-state index in [1.54, 1.807) is 12.1 Å². The minimum absolute atomic E-state index is 0.127. The highest BCUT2D eigenvalue weighted by atomic mass is 32.1. The van der Waals surface area contributed by atoms with Crippen molar-refractivity contribution in [3.05, 3.63) is 58.2 Å². The normalized spacial score (nSPS) is 28.2. The number of hydrogen-bond donors (Lipinski definition) is 2. The van der Waals surface area contributed by atoms with E-state index in [2.05, 4.69) is 77.6 Å². The van der Waals surface area contributed by atoms with Gasteiger partial charge in [0.15, 0.2) is 0 Å². The Bertz CT molecular complexity index is 2460. The van der Waals surface area contributed by atoms with Crippen LogP contribution in [0.2, 0.25) is 0 Å². The zero-order chi connectivity index (χ0) is 46.6. The molecule has 360 valence electrons. The molecule has 5 fully saturated rings. The first-order chi connectivity index (χ1) is 32.3. The van der Waals surface area contributed by atoms with Gasteiger partial charge in [0, 0.05) is 98.0 Å². The van der Waals surface area contributed by atoms with Crippen molar-refractivity contribution in [2.45, 2.75) is 122 Å². The number of carbonyl (C=O) groups excluding carboxylic acids is 3. The molecule has 1 saturated carbocycles. The van der Waals surface area contributed by atoms with Crippen molar-refractivity contribution in [3.8, 4) is 22.5 Å². The summed E-state index contributed by atoms with van der Waals surface area (Å²) in [6.07, 6.45) is 7.05. The number of hydrogen-bond acceptors (Lipinski definition) is 13. The van der Waals surface area contributed by atoms with E-state index >= 15 is 4.79 Å². The average Bonchev–Trinajstić information content (AvgIpc) is 3.80. The Morgan fingerprint density at radius 1 is 1.07 bits per heavy atom. The van der Waals surface area contributed by atoms with Gasteiger partial charge in [-0.3, -0.25) is 29.3 Å². The number of esters is 1. The zero-order valence-electron chi connectivity index (χ0n) is 39.9. The van der Waals surface area contributed by atoms with E-state index in [0.717, 1.165) is 75.4 Å². The van der Waals surface area contributed by atoms with Gasteiger partial charge in [0.05, 0.1) is 54.1 Å². The van der Waals surface area contributed by atoms with Crippen LogP contribution in [0.25, 0.3) is 33.4 Å². The number of carbonyl (C=O) groups is 3. The van der Waals surface area contributed by atoms with Crippen LogP contribution in [0.3, 0.4) is 0 Å². The lowest BCUT2D eigenvalue weighted by Crippen LogP contribution is -2.68. The predicted octanol–water partition coefficient (Wildman–Crippen LogP) is 6.64. The summed E-state index contributed by atoms with van der Waals surface area (Å²) in [6.45, 7) is 15.5. The number of rotatable bonds is 10. The van der Waals surface area contributed by atoms with Gasteiger partial charge in [0.25, 0.3) is 5.91 Å². The molecule has 15 nitrogen and oxygen atoms in total. The predicted molar refractivity (Wildman–Crippen MR) is 254 cm³/mol. The highest BCUT2D eigenvalue weighted by Crippen LogP contribution is 2.47. The average molecular weight is 938 g/mol. The largest absolute Gasteiger partial charge is 0.464 e. The summed E-state index contributed by atoms with van der Waals surface area (Å²) in [5.41, 5.74) is 9.21. The van der Waals surface area contributed by atoms with E-state index in [1.165, 1.54) is 11.3 Å². The van der Waals surface area contributed by atoms with Gasteiger partial charge < -0.3 is 33.6 Å². The Labute approximate surface area is 397 Å². The Morgan fingerprint density at radius 2 is 1.88 bits per heavy atom. The van der Waals surface area contributed by atoms with Gasteiger partial charge in [0.1, 0.15) is 17.1 Å². The first-order valence-corrected chi connectivity index (χ1v) is 25.4. The second kappa shape index (κ2) is 18.9. The number of pyridine rings is 1. The third-order valence-electron chi connectivity index (χ3n) is 15.5. The molecule has 1 spiro atoms. The van der Waals surface area contributed by atoms with E-state index in [0.29, 0.717) is 71.9 Å². The molecule has 5 aliphatic heterocycles. The Balaban J connectivity index is 1.12. The van der Waals surface area contributed by atoms with Gasteiger partial charge in [0.2, 0.25) is 5.91 Å². The van der Waals surface area contributed by atoms with Crippen molar-refractivity contribution in [3.63, 3.8) is 0 Å².